The van der Waals surface area contributed by atoms with Gasteiger partial charge in [0, 0.05) is 16.7 Å². The van der Waals surface area contributed by atoms with Crippen molar-refractivity contribution >= 4 is 50.3 Å². The number of halogens is 1. The van der Waals surface area contributed by atoms with Gasteiger partial charge in [0.05, 0.1) is 7.11 Å². The molecule has 0 radical (unpaired) electrons. The third-order valence-electron chi connectivity index (χ3n) is 5.30. The van der Waals surface area contributed by atoms with E-state index in [1.165, 1.54) is 7.11 Å². The van der Waals surface area contributed by atoms with Crippen LogP contribution in [-0.2, 0) is 14.3 Å². The van der Waals surface area contributed by atoms with Gasteiger partial charge >= 0.3 is 6.09 Å². The molecule has 0 saturated carbocycles. The average Bonchev–Trinajstić information content (AvgIpc) is 3.21. The Hall–Kier alpha value is -2.61. The molecule has 1 aliphatic heterocycles. The number of rotatable bonds is 5. The van der Waals surface area contributed by atoms with Crippen LogP contribution in [0.5, 0.6) is 0 Å². The van der Waals surface area contributed by atoms with Crippen LogP contribution >= 0.6 is 15.9 Å². The first-order valence-corrected chi connectivity index (χ1v) is 10.7. The first-order valence-electron chi connectivity index (χ1n) is 9.95. The number of fused-ring (bicyclic) bond motifs is 1. The Morgan fingerprint density at radius 3 is 2.53 bits per heavy atom. The number of methoxy groups -OCH3 is 1. The van der Waals surface area contributed by atoms with E-state index in [2.05, 4.69) is 31.3 Å². The van der Waals surface area contributed by atoms with E-state index < -0.39 is 18.2 Å². The topological polar surface area (TPSA) is 87.7 Å². The van der Waals surface area contributed by atoms with Crippen molar-refractivity contribution in [1.82, 2.24) is 10.2 Å². The molecule has 1 fully saturated rings. The number of nitrogens with one attached hydrogen (secondary N) is 2. The third-order valence-corrected chi connectivity index (χ3v) is 5.79. The van der Waals surface area contributed by atoms with Crippen LogP contribution in [0.1, 0.15) is 26.7 Å². The van der Waals surface area contributed by atoms with Gasteiger partial charge in [-0.1, -0.05) is 41.9 Å². The van der Waals surface area contributed by atoms with Gasteiger partial charge in [0.25, 0.3) is 0 Å². The largest absolute Gasteiger partial charge is 0.453 e. The molecular weight excluding hydrogens is 450 g/mol. The summed E-state index contributed by atoms with van der Waals surface area (Å²) in [4.78, 5) is 39.3. The second kappa shape index (κ2) is 9.47. The molecule has 30 heavy (non-hydrogen) atoms. The summed E-state index contributed by atoms with van der Waals surface area (Å²) in [5.74, 6) is -0.630. The second-order valence-electron chi connectivity index (χ2n) is 7.74. The maximum Gasteiger partial charge on any atom is 0.407 e. The molecule has 3 amide bonds. The molecule has 1 saturated heterocycles. The summed E-state index contributed by atoms with van der Waals surface area (Å²) in [7, 11) is 1.26. The van der Waals surface area contributed by atoms with E-state index in [4.69, 9.17) is 0 Å². The number of nitrogens with zero attached hydrogens (tertiary/aromatic N) is 1. The Labute approximate surface area is 184 Å². The van der Waals surface area contributed by atoms with E-state index in [0.717, 1.165) is 21.7 Å². The van der Waals surface area contributed by atoms with Crippen LogP contribution in [0.3, 0.4) is 0 Å². The Morgan fingerprint density at radius 1 is 1.13 bits per heavy atom. The molecule has 2 unspecified atom stereocenters. The molecule has 1 heterocycles. The van der Waals surface area contributed by atoms with Crippen LogP contribution in [0, 0.1) is 5.92 Å². The minimum absolute atomic E-state index is 0.138. The lowest BCUT2D eigenvalue weighted by molar-refractivity contribution is -0.139. The molecule has 0 bridgehead atoms. The minimum atomic E-state index is -0.745. The van der Waals surface area contributed by atoms with Gasteiger partial charge in [-0.2, -0.15) is 0 Å². The van der Waals surface area contributed by atoms with E-state index in [-0.39, 0.29) is 17.7 Å². The van der Waals surface area contributed by atoms with Crippen molar-refractivity contribution in [3.05, 3.63) is 40.9 Å². The maximum atomic E-state index is 13.1. The highest BCUT2D eigenvalue weighted by Gasteiger charge is 2.38. The van der Waals surface area contributed by atoms with Gasteiger partial charge in [0.1, 0.15) is 12.1 Å². The number of carbonyl (C=O) groups is 3. The van der Waals surface area contributed by atoms with Crippen LogP contribution in [-0.4, -0.2) is 48.5 Å². The SMILES string of the molecule is COC(=O)NC(C(=O)N1CCCC1C(=O)Nc1ccc2cc(Br)ccc2c1)C(C)C. The fourth-order valence-corrected chi connectivity index (χ4v) is 4.08. The van der Waals surface area contributed by atoms with Gasteiger partial charge in [-0.05, 0) is 53.8 Å². The van der Waals surface area contributed by atoms with E-state index >= 15 is 0 Å². The van der Waals surface area contributed by atoms with E-state index in [0.29, 0.717) is 18.7 Å². The molecule has 2 atom stereocenters. The lowest BCUT2D eigenvalue weighted by atomic mass is 10.0. The zero-order chi connectivity index (χ0) is 21.8. The fourth-order valence-electron chi connectivity index (χ4n) is 3.70. The Morgan fingerprint density at radius 2 is 1.83 bits per heavy atom. The summed E-state index contributed by atoms with van der Waals surface area (Å²) in [6.45, 7) is 4.17. The van der Waals surface area contributed by atoms with Crippen LogP contribution in [0.15, 0.2) is 40.9 Å². The molecule has 2 aromatic carbocycles. The third kappa shape index (κ3) is 4.92. The zero-order valence-electron chi connectivity index (χ0n) is 17.3. The number of benzene rings is 2. The predicted octanol–water partition coefficient (Wildman–Crippen LogP) is 3.91. The number of hydrogen-bond donors (Lipinski definition) is 2. The van der Waals surface area contributed by atoms with Crippen LogP contribution in [0.25, 0.3) is 10.8 Å². The Bertz CT molecular complexity index is 963. The first-order chi connectivity index (χ1) is 14.3. The Kier molecular flexibility index (Phi) is 6.97. The van der Waals surface area contributed by atoms with Crippen molar-refractivity contribution in [2.45, 2.75) is 38.8 Å². The quantitative estimate of drug-likeness (QED) is 0.685. The summed E-state index contributed by atoms with van der Waals surface area (Å²) < 4.78 is 5.63. The lowest BCUT2D eigenvalue weighted by Crippen LogP contribution is -2.54. The lowest BCUT2D eigenvalue weighted by Gasteiger charge is -2.30. The molecule has 2 aromatic rings. The van der Waals surface area contributed by atoms with Crippen molar-refractivity contribution in [1.29, 1.82) is 0 Å². The van der Waals surface area contributed by atoms with E-state index in [1.807, 2.05) is 50.2 Å². The highest BCUT2D eigenvalue weighted by molar-refractivity contribution is 9.10. The van der Waals surface area contributed by atoms with Gasteiger partial charge in [-0.15, -0.1) is 0 Å². The van der Waals surface area contributed by atoms with Crippen molar-refractivity contribution in [3.63, 3.8) is 0 Å². The number of carbonyl (C=O) groups excluding carboxylic acids is 3. The second-order valence-corrected chi connectivity index (χ2v) is 8.66. The molecule has 0 spiro atoms. The number of likely N-dealkylation sites (tertiary alicyclic amines) is 1. The van der Waals surface area contributed by atoms with Gasteiger partial charge in [-0.3, -0.25) is 9.59 Å². The van der Waals surface area contributed by atoms with Crippen molar-refractivity contribution in [2.24, 2.45) is 5.92 Å². The van der Waals surface area contributed by atoms with Gasteiger partial charge in [0.2, 0.25) is 11.8 Å². The monoisotopic (exact) mass is 475 g/mol. The summed E-state index contributed by atoms with van der Waals surface area (Å²) in [5.41, 5.74) is 0.683. The number of alkyl carbamates (subject to hydrolysis) is 1. The van der Waals surface area contributed by atoms with Crippen molar-refractivity contribution in [2.75, 3.05) is 19.0 Å². The van der Waals surface area contributed by atoms with Crippen LogP contribution in [0.4, 0.5) is 10.5 Å². The Balaban J connectivity index is 1.74. The number of anilines is 1. The van der Waals surface area contributed by atoms with Crippen LogP contribution < -0.4 is 10.6 Å². The van der Waals surface area contributed by atoms with Crippen LogP contribution in [0.2, 0.25) is 0 Å². The van der Waals surface area contributed by atoms with Gasteiger partial charge in [0.15, 0.2) is 0 Å². The molecule has 160 valence electrons. The average molecular weight is 476 g/mol. The molecule has 0 aromatic heterocycles. The standard InChI is InChI=1S/C22H26BrN3O4/c1-13(2)19(25-22(29)30-3)21(28)26-10-4-5-18(26)20(27)24-17-9-7-14-11-16(23)8-6-15(14)12-17/h6-9,11-13,18-19H,4-5,10H2,1-3H3,(H,24,27)(H,25,29). The molecule has 7 nitrogen and oxygen atoms in total. The van der Waals surface area contributed by atoms with Gasteiger partial charge < -0.3 is 20.3 Å². The fraction of sp³-hybridized carbons (Fsp3) is 0.409. The molecular formula is C22H26BrN3O4. The number of hydrogen-bond acceptors (Lipinski definition) is 4. The molecule has 3 rings (SSSR count). The van der Waals surface area contributed by atoms with E-state index in [9.17, 15) is 14.4 Å². The highest BCUT2D eigenvalue weighted by atomic mass is 79.9. The highest BCUT2D eigenvalue weighted by Crippen LogP contribution is 2.25. The molecule has 1 aliphatic rings. The van der Waals surface area contributed by atoms with Gasteiger partial charge in [-0.25, -0.2) is 4.79 Å². The minimum Gasteiger partial charge on any atom is -0.453 e. The maximum absolute atomic E-state index is 13.1. The molecule has 0 aliphatic carbocycles. The van der Waals surface area contributed by atoms with Crippen molar-refractivity contribution in [3.8, 4) is 0 Å². The first kappa shape index (κ1) is 22.1. The summed E-state index contributed by atoms with van der Waals surface area (Å²) in [5, 5.41) is 7.60. The summed E-state index contributed by atoms with van der Waals surface area (Å²) in [6, 6.07) is 10.3. The summed E-state index contributed by atoms with van der Waals surface area (Å²) >= 11 is 3.46. The molecule has 2 N–H and O–H groups in total. The molecule has 8 heteroatoms. The zero-order valence-corrected chi connectivity index (χ0v) is 18.9. The summed E-state index contributed by atoms with van der Waals surface area (Å²) in [6.07, 6.45) is 0.657. The van der Waals surface area contributed by atoms with Crippen molar-refractivity contribution < 1.29 is 19.1 Å². The predicted molar refractivity (Wildman–Crippen MR) is 119 cm³/mol. The normalized spacial score (nSPS) is 17.1. The van der Waals surface area contributed by atoms with E-state index in [1.54, 1.807) is 4.90 Å². The smallest absolute Gasteiger partial charge is 0.407 e. The number of ether oxygens (including phenoxy) is 1. The number of amides is 3.